The van der Waals surface area contributed by atoms with Crippen molar-refractivity contribution in [2.75, 3.05) is 12.4 Å². The number of amides is 1. The first-order valence-corrected chi connectivity index (χ1v) is 5.21. The van der Waals surface area contributed by atoms with Crippen LogP contribution in [0, 0.1) is 6.92 Å². The lowest BCUT2D eigenvalue weighted by Crippen LogP contribution is -2.26. The molecule has 0 bridgehead atoms. The number of fused-ring (bicyclic) bond motifs is 1. The largest absolute Gasteiger partial charge is 0.333 e. The molecule has 1 aromatic carbocycles. The smallest absolute Gasteiger partial charge is 0.254 e. The predicted octanol–water partition coefficient (Wildman–Crippen LogP) is 2.19. The summed E-state index contributed by atoms with van der Waals surface area (Å²) in [6.45, 7) is 3.32. The van der Waals surface area contributed by atoms with Crippen LogP contribution in [0.25, 0.3) is 0 Å². The summed E-state index contributed by atoms with van der Waals surface area (Å²) in [5.41, 5.74) is 3.06. The molecule has 2 rings (SSSR count). The van der Waals surface area contributed by atoms with E-state index in [9.17, 15) is 4.79 Å². The van der Waals surface area contributed by atoms with E-state index in [4.69, 9.17) is 11.6 Å². The Labute approximate surface area is 88.5 Å². The summed E-state index contributed by atoms with van der Waals surface area (Å²) in [6.07, 6.45) is 0. The van der Waals surface area contributed by atoms with E-state index in [1.807, 2.05) is 25.1 Å². The van der Waals surface area contributed by atoms with E-state index in [2.05, 4.69) is 0 Å². The van der Waals surface area contributed by atoms with Crippen molar-refractivity contribution in [3.05, 3.63) is 34.9 Å². The molecule has 0 radical (unpaired) electrons. The SMILES string of the molecule is Cc1cccc2c1C(=O)N(CCCl)C2. The number of rotatable bonds is 2. The van der Waals surface area contributed by atoms with Crippen molar-refractivity contribution in [3.8, 4) is 0 Å². The average molecular weight is 210 g/mol. The summed E-state index contributed by atoms with van der Waals surface area (Å²) in [5.74, 6) is 0.623. The van der Waals surface area contributed by atoms with E-state index in [1.165, 1.54) is 0 Å². The quantitative estimate of drug-likeness (QED) is 0.684. The van der Waals surface area contributed by atoms with E-state index >= 15 is 0 Å². The highest BCUT2D eigenvalue weighted by Gasteiger charge is 2.27. The van der Waals surface area contributed by atoms with Gasteiger partial charge >= 0.3 is 0 Å². The van der Waals surface area contributed by atoms with Gasteiger partial charge in [0, 0.05) is 24.5 Å². The van der Waals surface area contributed by atoms with Crippen LogP contribution in [-0.4, -0.2) is 23.2 Å². The van der Waals surface area contributed by atoms with E-state index in [0.717, 1.165) is 16.7 Å². The lowest BCUT2D eigenvalue weighted by Gasteiger charge is -2.12. The molecule has 1 aromatic rings. The van der Waals surface area contributed by atoms with Gasteiger partial charge in [0.1, 0.15) is 0 Å². The van der Waals surface area contributed by atoms with Crippen molar-refractivity contribution in [1.82, 2.24) is 4.90 Å². The zero-order chi connectivity index (χ0) is 10.1. The van der Waals surface area contributed by atoms with E-state index < -0.39 is 0 Å². The summed E-state index contributed by atoms with van der Waals surface area (Å²) in [6, 6.07) is 5.97. The molecule has 1 aliphatic rings. The van der Waals surface area contributed by atoms with Crippen LogP contribution in [0.15, 0.2) is 18.2 Å². The molecular formula is C11H12ClNO. The summed E-state index contributed by atoms with van der Waals surface area (Å²) in [7, 11) is 0. The molecule has 1 aliphatic heterocycles. The Bertz CT molecular complexity index is 376. The summed E-state index contributed by atoms with van der Waals surface area (Å²) < 4.78 is 0. The Morgan fingerprint density at radius 1 is 1.50 bits per heavy atom. The van der Waals surface area contributed by atoms with E-state index in [-0.39, 0.29) is 5.91 Å². The van der Waals surface area contributed by atoms with Crippen LogP contribution in [0.2, 0.25) is 0 Å². The third kappa shape index (κ3) is 1.40. The molecule has 0 N–H and O–H groups in total. The summed E-state index contributed by atoms with van der Waals surface area (Å²) in [4.78, 5) is 13.7. The van der Waals surface area contributed by atoms with Gasteiger partial charge in [-0.3, -0.25) is 4.79 Å². The van der Waals surface area contributed by atoms with Crippen molar-refractivity contribution >= 4 is 17.5 Å². The van der Waals surface area contributed by atoms with Crippen molar-refractivity contribution in [3.63, 3.8) is 0 Å². The molecule has 0 spiro atoms. The van der Waals surface area contributed by atoms with Crippen molar-refractivity contribution < 1.29 is 4.79 Å². The van der Waals surface area contributed by atoms with Gasteiger partial charge in [0.25, 0.3) is 5.91 Å². The molecule has 0 aliphatic carbocycles. The highest BCUT2D eigenvalue weighted by Crippen LogP contribution is 2.25. The fraction of sp³-hybridized carbons (Fsp3) is 0.364. The molecule has 0 fully saturated rings. The molecule has 74 valence electrons. The number of carbonyl (C=O) groups excluding carboxylic acids is 1. The van der Waals surface area contributed by atoms with Gasteiger partial charge in [-0.15, -0.1) is 11.6 Å². The second kappa shape index (κ2) is 3.62. The number of benzene rings is 1. The van der Waals surface area contributed by atoms with Gasteiger partial charge in [0.15, 0.2) is 0 Å². The topological polar surface area (TPSA) is 20.3 Å². The molecule has 3 heteroatoms. The molecule has 2 nitrogen and oxygen atoms in total. The highest BCUT2D eigenvalue weighted by atomic mass is 35.5. The number of alkyl halides is 1. The van der Waals surface area contributed by atoms with Gasteiger partial charge < -0.3 is 4.90 Å². The summed E-state index contributed by atoms with van der Waals surface area (Å²) >= 11 is 5.64. The lowest BCUT2D eigenvalue weighted by molar-refractivity contribution is 0.0787. The normalized spacial score (nSPS) is 14.7. The Morgan fingerprint density at radius 3 is 2.93 bits per heavy atom. The lowest BCUT2D eigenvalue weighted by atomic mass is 10.0. The minimum absolute atomic E-state index is 0.124. The molecule has 0 aromatic heterocycles. The number of aryl methyl sites for hydroxylation is 1. The van der Waals surface area contributed by atoms with Crippen molar-refractivity contribution in [2.45, 2.75) is 13.5 Å². The Hall–Kier alpha value is -1.02. The minimum atomic E-state index is 0.124. The number of halogens is 1. The minimum Gasteiger partial charge on any atom is -0.333 e. The predicted molar refractivity (Wildman–Crippen MR) is 56.6 cm³/mol. The molecule has 0 saturated carbocycles. The maximum atomic E-state index is 11.9. The fourth-order valence-corrected chi connectivity index (χ4v) is 2.09. The summed E-state index contributed by atoms with van der Waals surface area (Å²) in [5, 5.41) is 0. The first-order chi connectivity index (χ1) is 6.74. The van der Waals surface area contributed by atoms with Crippen LogP contribution >= 0.6 is 11.6 Å². The molecule has 0 atom stereocenters. The molecule has 1 heterocycles. The maximum Gasteiger partial charge on any atom is 0.254 e. The number of hydrogen-bond donors (Lipinski definition) is 0. The standard InChI is InChI=1S/C11H12ClNO/c1-8-3-2-4-9-7-13(6-5-12)11(14)10(8)9/h2-4H,5-7H2,1H3. The third-order valence-electron chi connectivity index (χ3n) is 2.58. The van der Waals surface area contributed by atoms with Gasteiger partial charge in [-0.1, -0.05) is 18.2 Å². The van der Waals surface area contributed by atoms with Crippen LogP contribution in [-0.2, 0) is 6.54 Å². The first kappa shape index (κ1) is 9.53. The van der Waals surface area contributed by atoms with Crippen LogP contribution in [0.3, 0.4) is 0 Å². The third-order valence-corrected chi connectivity index (χ3v) is 2.74. The maximum absolute atomic E-state index is 11.9. The molecular weight excluding hydrogens is 198 g/mol. The first-order valence-electron chi connectivity index (χ1n) is 4.68. The Balaban J connectivity index is 2.36. The van der Waals surface area contributed by atoms with Crippen molar-refractivity contribution in [1.29, 1.82) is 0 Å². The monoisotopic (exact) mass is 209 g/mol. The van der Waals surface area contributed by atoms with Gasteiger partial charge in [-0.2, -0.15) is 0 Å². The van der Waals surface area contributed by atoms with Gasteiger partial charge in [0.05, 0.1) is 0 Å². The van der Waals surface area contributed by atoms with E-state index in [0.29, 0.717) is 19.0 Å². The molecule has 0 saturated heterocycles. The number of carbonyl (C=O) groups is 1. The van der Waals surface area contributed by atoms with Crippen LogP contribution in [0.4, 0.5) is 0 Å². The van der Waals surface area contributed by atoms with Crippen LogP contribution < -0.4 is 0 Å². The average Bonchev–Trinajstić information content (AvgIpc) is 2.46. The van der Waals surface area contributed by atoms with Crippen molar-refractivity contribution in [2.24, 2.45) is 0 Å². The molecule has 1 amide bonds. The number of nitrogens with zero attached hydrogens (tertiary/aromatic N) is 1. The number of hydrogen-bond acceptors (Lipinski definition) is 1. The van der Waals surface area contributed by atoms with Gasteiger partial charge in [-0.05, 0) is 18.1 Å². The van der Waals surface area contributed by atoms with E-state index in [1.54, 1.807) is 4.90 Å². The zero-order valence-corrected chi connectivity index (χ0v) is 8.84. The Morgan fingerprint density at radius 2 is 2.29 bits per heavy atom. The second-order valence-electron chi connectivity index (χ2n) is 3.52. The van der Waals surface area contributed by atoms with Crippen LogP contribution in [0.5, 0.6) is 0 Å². The second-order valence-corrected chi connectivity index (χ2v) is 3.90. The fourth-order valence-electron chi connectivity index (χ4n) is 1.88. The Kier molecular flexibility index (Phi) is 2.46. The molecule has 14 heavy (non-hydrogen) atoms. The van der Waals surface area contributed by atoms with Gasteiger partial charge in [-0.25, -0.2) is 0 Å². The van der Waals surface area contributed by atoms with Crippen LogP contribution in [0.1, 0.15) is 21.5 Å². The molecule has 0 unspecified atom stereocenters. The van der Waals surface area contributed by atoms with Gasteiger partial charge in [0.2, 0.25) is 0 Å². The zero-order valence-electron chi connectivity index (χ0n) is 8.09. The highest BCUT2D eigenvalue weighted by molar-refractivity contribution is 6.18.